The fourth-order valence-corrected chi connectivity index (χ4v) is 4.92. The highest BCUT2D eigenvalue weighted by Gasteiger charge is 2.18. The van der Waals surface area contributed by atoms with Crippen molar-refractivity contribution in [1.29, 1.82) is 0 Å². The Morgan fingerprint density at radius 1 is 0.816 bits per heavy atom. The maximum absolute atomic E-state index is 5.05. The van der Waals surface area contributed by atoms with Crippen molar-refractivity contribution in [3.05, 3.63) is 114 Å². The molecule has 188 valence electrons. The van der Waals surface area contributed by atoms with Gasteiger partial charge in [0.05, 0.1) is 23.6 Å². The van der Waals surface area contributed by atoms with E-state index < -0.39 is 0 Å². The summed E-state index contributed by atoms with van der Waals surface area (Å²) in [5.41, 5.74) is 10.5. The Hall–Kier alpha value is -4.62. The van der Waals surface area contributed by atoms with Gasteiger partial charge < -0.3 is 4.98 Å². The Morgan fingerprint density at radius 3 is 2.50 bits per heavy atom. The van der Waals surface area contributed by atoms with Gasteiger partial charge in [0.15, 0.2) is 5.65 Å². The average Bonchev–Trinajstić information content (AvgIpc) is 3.57. The second-order valence-electron chi connectivity index (χ2n) is 9.68. The van der Waals surface area contributed by atoms with Gasteiger partial charge in [0.25, 0.3) is 0 Å². The Balaban J connectivity index is 1.31. The first-order valence-corrected chi connectivity index (χ1v) is 12.7. The molecular formula is C31H29N7. The molecule has 7 heteroatoms. The number of fused-ring (bicyclic) bond motifs is 1. The highest BCUT2D eigenvalue weighted by molar-refractivity contribution is 5.77. The molecule has 0 aliphatic heterocycles. The molecule has 0 aliphatic rings. The van der Waals surface area contributed by atoms with Crippen LogP contribution in [0.2, 0.25) is 0 Å². The molecule has 0 saturated carbocycles. The van der Waals surface area contributed by atoms with E-state index in [1.165, 1.54) is 22.3 Å². The molecule has 0 bridgehead atoms. The van der Waals surface area contributed by atoms with Crippen molar-refractivity contribution in [2.24, 2.45) is 0 Å². The quantitative estimate of drug-likeness (QED) is 0.287. The van der Waals surface area contributed by atoms with Crippen molar-refractivity contribution in [3.63, 3.8) is 0 Å². The Labute approximate surface area is 221 Å². The van der Waals surface area contributed by atoms with Crippen molar-refractivity contribution in [1.82, 2.24) is 34.4 Å². The molecule has 4 aromatic heterocycles. The fourth-order valence-electron chi connectivity index (χ4n) is 4.92. The molecule has 0 aliphatic carbocycles. The highest BCUT2D eigenvalue weighted by atomic mass is 15.3. The minimum absolute atomic E-state index is 0.666. The van der Waals surface area contributed by atoms with Gasteiger partial charge in [-0.15, -0.1) is 0 Å². The summed E-state index contributed by atoms with van der Waals surface area (Å²) in [5.74, 6) is 0.886. The lowest BCUT2D eigenvalue weighted by atomic mass is 9.96. The van der Waals surface area contributed by atoms with Crippen LogP contribution in [0.3, 0.4) is 0 Å². The number of imidazole rings is 1. The summed E-state index contributed by atoms with van der Waals surface area (Å²) < 4.78 is 1.77. The second kappa shape index (κ2) is 10.0. The molecule has 0 amide bonds. The summed E-state index contributed by atoms with van der Waals surface area (Å²) in [7, 11) is 2.13. The van der Waals surface area contributed by atoms with Gasteiger partial charge in [0.2, 0.25) is 0 Å². The van der Waals surface area contributed by atoms with E-state index >= 15 is 0 Å². The molecule has 0 unspecified atom stereocenters. The first-order chi connectivity index (χ1) is 18.5. The third kappa shape index (κ3) is 4.71. The number of nitrogens with zero attached hydrogens (tertiary/aromatic N) is 6. The lowest BCUT2D eigenvalue weighted by Gasteiger charge is -2.18. The van der Waals surface area contributed by atoms with E-state index in [4.69, 9.17) is 9.97 Å². The van der Waals surface area contributed by atoms with Crippen molar-refractivity contribution in [2.45, 2.75) is 26.9 Å². The summed E-state index contributed by atoms with van der Waals surface area (Å²) in [6, 6.07) is 27.1. The first kappa shape index (κ1) is 23.8. The lowest BCUT2D eigenvalue weighted by molar-refractivity contribution is 0.311. The summed E-state index contributed by atoms with van der Waals surface area (Å²) >= 11 is 0. The SMILES string of the molecule is Cc1cccc(-c2[nH]c(CN(C)Cc3cccc(-c4ccccc4)c3C)nc2-c2ccc3ncnn3c2)n1. The molecule has 0 atom stereocenters. The second-order valence-corrected chi connectivity index (χ2v) is 9.68. The van der Waals surface area contributed by atoms with Crippen LogP contribution >= 0.6 is 0 Å². The normalized spacial score (nSPS) is 11.5. The lowest BCUT2D eigenvalue weighted by Crippen LogP contribution is -2.18. The third-order valence-corrected chi connectivity index (χ3v) is 6.84. The molecule has 0 fully saturated rings. The average molecular weight is 500 g/mol. The Bertz CT molecular complexity index is 1720. The first-order valence-electron chi connectivity index (χ1n) is 12.7. The number of hydrogen-bond donors (Lipinski definition) is 1. The largest absolute Gasteiger partial charge is 0.339 e. The maximum atomic E-state index is 5.05. The van der Waals surface area contributed by atoms with Crippen LogP contribution in [-0.4, -0.2) is 41.5 Å². The van der Waals surface area contributed by atoms with Crippen molar-refractivity contribution >= 4 is 5.65 Å². The van der Waals surface area contributed by atoms with Crippen LogP contribution in [0.25, 0.3) is 39.4 Å². The zero-order valence-corrected chi connectivity index (χ0v) is 21.8. The van der Waals surface area contributed by atoms with E-state index in [-0.39, 0.29) is 0 Å². The van der Waals surface area contributed by atoms with Gasteiger partial charge >= 0.3 is 0 Å². The van der Waals surface area contributed by atoms with Crippen molar-refractivity contribution < 1.29 is 0 Å². The standard InChI is InChI=1S/C31H29N7/c1-21-9-7-14-27(34-21)31-30(25-15-16-29-32-20-33-38(29)18-25)35-28(36-31)19-37(3)17-24-12-8-13-26(22(24)2)23-10-5-4-6-11-23/h4-16,18,20H,17,19H2,1-3H3,(H,35,36). The molecule has 2 aromatic carbocycles. The van der Waals surface area contributed by atoms with Gasteiger partial charge in [-0.1, -0.05) is 54.6 Å². The van der Waals surface area contributed by atoms with Crippen LogP contribution in [0.15, 0.2) is 91.4 Å². The van der Waals surface area contributed by atoms with Crippen LogP contribution in [0, 0.1) is 13.8 Å². The van der Waals surface area contributed by atoms with Crippen molar-refractivity contribution in [2.75, 3.05) is 7.05 Å². The minimum Gasteiger partial charge on any atom is -0.339 e. The maximum Gasteiger partial charge on any atom is 0.155 e. The zero-order valence-electron chi connectivity index (χ0n) is 21.8. The van der Waals surface area contributed by atoms with E-state index in [2.05, 4.69) is 82.5 Å². The highest BCUT2D eigenvalue weighted by Crippen LogP contribution is 2.30. The fraction of sp³-hybridized carbons (Fsp3) is 0.161. The number of rotatable bonds is 7. The number of aromatic amines is 1. The molecule has 6 aromatic rings. The van der Waals surface area contributed by atoms with Gasteiger partial charge in [-0.2, -0.15) is 5.10 Å². The van der Waals surface area contributed by atoms with Crippen LogP contribution < -0.4 is 0 Å². The summed E-state index contributed by atoms with van der Waals surface area (Å²) in [6.07, 6.45) is 3.52. The Morgan fingerprint density at radius 2 is 1.66 bits per heavy atom. The summed E-state index contributed by atoms with van der Waals surface area (Å²) in [4.78, 5) is 19.9. The topological polar surface area (TPSA) is 75.0 Å². The zero-order chi connectivity index (χ0) is 26.1. The predicted octanol–water partition coefficient (Wildman–Crippen LogP) is 6.10. The molecule has 7 nitrogen and oxygen atoms in total. The molecule has 0 spiro atoms. The number of pyridine rings is 2. The smallest absolute Gasteiger partial charge is 0.155 e. The van der Waals surface area contributed by atoms with E-state index in [0.717, 1.165) is 46.4 Å². The van der Waals surface area contributed by atoms with Crippen molar-refractivity contribution in [3.8, 4) is 33.8 Å². The number of H-pyrrole nitrogens is 1. The number of nitrogens with one attached hydrogen (secondary N) is 1. The van der Waals surface area contributed by atoms with Gasteiger partial charge in [-0.05, 0) is 67.4 Å². The molecule has 6 rings (SSSR count). The van der Waals surface area contributed by atoms with Gasteiger partial charge in [-0.25, -0.2) is 14.5 Å². The number of aryl methyl sites for hydroxylation is 1. The van der Waals surface area contributed by atoms with Gasteiger partial charge in [0, 0.05) is 24.0 Å². The predicted molar refractivity (Wildman–Crippen MR) is 150 cm³/mol. The number of benzene rings is 2. The molecular weight excluding hydrogens is 470 g/mol. The number of aromatic nitrogens is 6. The van der Waals surface area contributed by atoms with Crippen LogP contribution in [0.1, 0.15) is 22.6 Å². The molecule has 0 saturated heterocycles. The van der Waals surface area contributed by atoms with Crippen LogP contribution in [0.5, 0.6) is 0 Å². The van der Waals surface area contributed by atoms with E-state index in [1.54, 1.807) is 10.8 Å². The summed E-state index contributed by atoms with van der Waals surface area (Å²) in [6.45, 7) is 5.69. The van der Waals surface area contributed by atoms with Gasteiger partial charge in [0.1, 0.15) is 12.2 Å². The van der Waals surface area contributed by atoms with Gasteiger partial charge in [-0.3, -0.25) is 9.88 Å². The van der Waals surface area contributed by atoms with Crippen LogP contribution in [-0.2, 0) is 13.1 Å². The van der Waals surface area contributed by atoms with E-state index in [9.17, 15) is 0 Å². The monoisotopic (exact) mass is 499 g/mol. The third-order valence-electron chi connectivity index (χ3n) is 6.84. The number of hydrogen-bond acceptors (Lipinski definition) is 5. The molecule has 38 heavy (non-hydrogen) atoms. The van der Waals surface area contributed by atoms with E-state index in [0.29, 0.717) is 6.54 Å². The molecule has 0 radical (unpaired) electrons. The van der Waals surface area contributed by atoms with E-state index in [1.807, 2.05) is 43.5 Å². The minimum atomic E-state index is 0.666. The summed E-state index contributed by atoms with van der Waals surface area (Å²) in [5, 5.41) is 4.30. The van der Waals surface area contributed by atoms with Crippen LogP contribution in [0.4, 0.5) is 0 Å². The Kier molecular flexibility index (Phi) is 6.27. The molecule has 1 N–H and O–H groups in total. The molecule has 4 heterocycles.